The average Bonchev–Trinajstić information content (AvgIpc) is 2.20. The molecule has 1 atom stereocenters. The van der Waals surface area contributed by atoms with Gasteiger partial charge in [0.15, 0.2) is 0 Å². The minimum absolute atomic E-state index is 0.635. The van der Waals surface area contributed by atoms with Crippen molar-refractivity contribution in [3.8, 4) is 0 Å². The molecule has 1 heterocycles. The van der Waals surface area contributed by atoms with Gasteiger partial charge in [-0.1, -0.05) is 6.92 Å². The van der Waals surface area contributed by atoms with Gasteiger partial charge in [-0.3, -0.25) is 0 Å². The van der Waals surface area contributed by atoms with Crippen molar-refractivity contribution in [3.05, 3.63) is 0 Å². The second kappa shape index (κ2) is 7.25. The summed E-state index contributed by atoms with van der Waals surface area (Å²) >= 11 is 0. The molecule has 96 valence electrons. The van der Waals surface area contributed by atoms with Gasteiger partial charge in [0.2, 0.25) is 0 Å². The average molecular weight is 227 g/mol. The van der Waals surface area contributed by atoms with E-state index in [4.69, 9.17) is 0 Å². The van der Waals surface area contributed by atoms with E-state index in [0.29, 0.717) is 6.04 Å². The highest BCUT2D eigenvalue weighted by molar-refractivity contribution is 4.76. The van der Waals surface area contributed by atoms with Crippen molar-refractivity contribution in [1.29, 1.82) is 0 Å². The Hall–Kier alpha value is -0.120. The van der Waals surface area contributed by atoms with Crippen LogP contribution in [0.3, 0.4) is 0 Å². The molecule has 0 amide bonds. The zero-order valence-corrected chi connectivity index (χ0v) is 11.5. The monoisotopic (exact) mass is 227 g/mol. The van der Waals surface area contributed by atoms with Crippen molar-refractivity contribution < 1.29 is 0 Å². The van der Waals surface area contributed by atoms with Gasteiger partial charge in [0.05, 0.1) is 0 Å². The normalized spacial score (nSPS) is 21.6. The fourth-order valence-corrected chi connectivity index (χ4v) is 2.67. The Bertz CT molecular complexity index is 174. The zero-order valence-electron chi connectivity index (χ0n) is 11.5. The summed E-state index contributed by atoms with van der Waals surface area (Å²) in [6, 6.07) is 0.635. The van der Waals surface area contributed by atoms with E-state index < -0.39 is 0 Å². The molecule has 3 heteroatoms. The van der Waals surface area contributed by atoms with Crippen molar-refractivity contribution in [2.24, 2.45) is 5.92 Å². The van der Waals surface area contributed by atoms with E-state index >= 15 is 0 Å². The predicted octanol–water partition coefficient (Wildman–Crippen LogP) is 1.26. The molecule has 16 heavy (non-hydrogen) atoms. The van der Waals surface area contributed by atoms with Gasteiger partial charge in [-0.05, 0) is 59.4 Å². The number of piperidine rings is 1. The third kappa shape index (κ3) is 5.28. The van der Waals surface area contributed by atoms with Gasteiger partial charge in [0.1, 0.15) is 0 Å². The van der Waals surface area contributed by atoms with Crippen LogP contribution in [0.2, 0.25) is 0 Å². The van der Waals surface area contributed by atoms with E-state index in [1.807, 2.05) is 0 Å². The summed E-state index contributed by atoms with van der Waals surface area (Å²) in [5, 5.41) is 3.49. The maximum Gasteiger partial charge on any atom is 0.0166 e. The maximum absolute atomic E-state index is 3.49. The van der Waals surface area contributed by atoms with Crippen molar-refractivity contribution >= 4 is 0 Å². The lowest BCUT2D eigenvalue weighted by Crippen LogP contribution is -2.44. The molecule has 1 unspecified atom stereocenters. The zero-order chi connectivity index (χ0) is 12.0. The summed E-state index contributed by atoms with van der Waals surface area (Å²) < 4.78 is 0. The lowest BCUT2D eigenvalue weighted by Gasteiger charge is -2.34. The summed E-state index contributed by atoms with van der Waals surface area (Å²) in [7, 11) is 4.36. The van der Waals surface area contributed by atoms with Gasteiger partial charge in [-0.2, -0.15) is 0 Å². The van der Waals surface area contributed by atoms with E-state index in [1.54, 1.807) is 0 Å². The first kappa shape index (κ1) is 13.9. The van der Waals surface area contributed by atoms with Crippen LogP contribution < -0.4 is 5.32 Å². The number of hydrogen-bond acceptors (Lipinski definition) is 3. The highest BCUT2D eigenvalue weighted by Gasteiger charge is 2.20. The van der Waals surface area contributed by atoms with Gasteiger partial charge in [0.25, 0.3) is 0 Å². The van der Waals surface area contributed by atoms with E-state index in [-0.39, 0.29) is 0 Å². The molecule has 0 aromatic carbocycles. The Morgan fingerprint density at radius 1 is 1.31 bits per heavy atom. The van der Waals surface area contributed by atoms with E-state index in [1.165, 1.54) is 39.0 Å². The van der Waals surface area contributed by atoms with Gasteiger partial charge in [-0.15, -0.1) is 0 Å². The molecule has 1 saturated heterocycles. The van der Waals surface area contributed by atoms with Crippen LogP contribution >= 0.6 is 0 Å². The molecule has 0 spiro atoms. The predicted molar refractivity (Wildman–Crippen MR) is 70.9 cm³/mol. The Morgan fingerprint density at radius 3 is 2.44 bits per heavy atom. The van der Waals surface area contributed by atoms with Gasteiger partial charge < -0.3 is 15.1 Å². The number of nitrogens with one attached hydrogen (secondary N) is 1. The first-order valence-corrected chi connectivity index (χ1v) is 6.72. The first-order valence-electron chi connectivity index (χ1n) is 6.72. The molecule has 1 N–H and O–H groups in total. The second-order valence-electron chi connectivity index (χ2n) is 5.46. The molecule has 0 bridgehead atoms. The quantitative estimate of drug-likeness (QED) is 0.737. The van der Waals surface area contributed by atoms with Crippen molar-refractivity contribution in [1.82, 2.24) is 15.1 Å². The number of likely N-dealkylation sites (tertiary alicyclic amines) is 1. The van der Waals surface area contributed by atoms with E-state index in [0.717, 1.165) is 12.5 Å². The number of rotatable bonds is 6. The lowest BCUT2D eigenvalue weighted by molar-refractivity contribution is 0.153. The van der Waals surface area contributed by atoms with Crippen LogP contribution in [0, 0.1) is 5.92 Å². The summed E-state index contributed by atoms with van der Waals surface area (Å²) in [5.74, 6) is 0.917. The molecule has 0 radical (unpaired) electrons. The fraction of sp³-hybridized carbons (Fsp3) is 1.00. The minimum Gasteiger partial charge on any atom is -0.313 e. The lowest BCUT2D eigenvalue weighted by atomic mass is 9.96. The largest absolute Gasteiger partial charge is 0.313 e. The van der Waals surface area contributed by atoms with E-state index in [9.17, 15) is 0 Å². The molecular weight excluding hydrogens is 198 g/mol. The van der Waals surface area contributed by atoms with Crippen molar-refractivity contribution in [2.45, 2.75) is 32.7 Å². The molecular formula is C13H29N3. The molecule has 3 nitrogen and oxygen atoms in total. The van der Waals surface area contributed by atoms with Crippen LogP contribution in [-0.4, -0.2) is 62.7 Å². The molecule has 1 rings (SSSR count). The highest BCUT2D eigenvalue weighted by atomic mass is 15.2. The summed E-state index contributed by atoms with van der Waals surface area (Å²) in [6.45, 7) is 10.6. The van der Waals surface area contributed by atoms with E-state index in [2.05, 4.69) is 43.1 Å². The third-order valence-electron chi connectivity index (χ3n) is 3.42. The fourth-order valence-electron chi connectivity index (χ4n) is 2.67. The van der Waals surface area contributed by atoms with Crippen molar-refractivity contribution in [3.63, 3.8) is 0 Å². The van der Waals surface area contributed by atoms with Crippen LogP contribution in [0.25, 0.3) is 0 Å². The Balaban J connectivity index is 2.16. The molecule has 0 aromatic rings. The molecule has 1 aliphatic heterocycles. The number of likely N-dealkylation sites (N-methyl/N-ethyl adjacent to an activating group) is 1. The molecule has 0 saturated carbocycles. The third-order valence-corrected chi connectivity index (χ3v) is 3.42. The number of nitrogens with zero attached hydrogens (tertiary/aromatic N) is 2. The molecule has 0 aromatic heterocycles. The summed E-state index contributed by atoms with van der Waals surface area (Å²) in [4.78, 5) is 4.93. The molecule has 0 aliphatic carbocycles. The Morgan fingerprint density at radius 2 is 1.94 bits per heavy atom. The molecule has 1 aliphatic rings. The van der Waals surface area contributed by atoms with Crippen LogP contribution in [0.5, 0.6) is 0 Å². The summed E-state index contributed by atoms with van der Waals surface area (Å²) in [6.07, 6.45) is 2.74. The van der Waals surface area contributed by atoms with Gasteiger partial charge >= 0.3 is 0 Å². The topological polar surface area (TPSA) is 18.5 Å². The van der Waals surface area contributed by atoms with Crippen LogP contribution in [0.1, 0.15) is 26.7 Å². The SMILES string of the molecule is CCNC(C)CN1CCC(CN(C)C)CC1. The molecule has 1 fully saturated rings. The van der Waals surface area contributed by atoms with Crippen LogP contribution in [-0.2, 0) is 0 Å². The standard InChI is InChI=1S/C13H29N3/c1-5-14-12(2)10-16-8-6-13(7-9-16)11-15(3)4/h12-14H,5-11H2,1-4H3. The van der Waals surface area contributed by atoms with Gasteiger partial charge in [0, 0.05) is 19.1 Å². The maximum atomic E-state index is 3.49. The highest BCUT2D eigenvalue weighted by Crippen LogP contribution is 2.17. The number of hydrogen-bond donors (Lipinski definition) is 1. The smallest absolute Gasteiger partial charge is 0.0166 e. The summed E-state index contributed by atoms with van der Waals surface area (Å²) in [5.41, 5.74) is 0. The second-order valence-corrected chi connectivity index (χ2v) is 5.46. The Kier molecular flexibility index (Phi) is 6.32. The van der Waals surface area contributed by atoms with Crippen LogP contribution in [0.15, 0.2) is 0 Å². The minimum atomic E-state index is 0.635. The van der Waals surface area contributed by atoms with Crippen LogP contribution in [0.4, 0.5) is 0 Å². The van der Waals surface area contributed by atoms with Gasteiger partial charge in [-0.25, -0.2) is 0 Å². The first-order chi connectivity index (χ1) is 7.61. The Labute approximate surface area is 101 Å². The van der Waals surface area contributed by atoms with Crippen molar-refractivity contribution in [2.75, 3.05) is 46.8 Å².